The van der Waals surface area contributed by atoms with Crippen molar-refractivity contribution in [2.75, 3.05) is 12.8 Å². The highest BCUT2D eigenvalue weighted by molar-refractivity contribution is 7.98. The van der Waals surface area contributed by atoms with Crippen LogP contribution in [0, 0.1) is 0 Å². The fourth-order valence-corrected chi connectivity index (χ4v) is 3.52. The van der Waals surface area contributed by atoms with E-state index in [2.05, 4.69) is 17.1 Å². The Kier molecular flexibility index (Phi) is 5.00. The summed E-state index contributed by atoms with van der Waals surface area (Å²) in [4.78, 5) is 18.7. The molecule has 0 aliphatic carbocycles. The van der Waals surface area contributed by atoms with Crippen LogP contribution in [0.3, 0.4) is 0 Å². The van der Waals surface area contributed by atoms with Gasteiger partial charge in [-0.15, -0.1) is 0 Å². The highest BCUT2D eigenvalue weighted by Gasteiger charge is 2.34. The maximum atomic E-state index is 12.3. The Labute approximate surface area is 140 Å². The van der Waals surface area contributed by atoms with Crippen LogP contribution in [0.5, 0.6) is 0 Å². The van der Waals surface area contributed by atoms with Crippen LogP contribution in [0.25, 0.3) is 0 Å². The van der Waals surface area contributed by atoms with Gasteiger partial charge in [-0.2, -0.15) is 16.7 Å². The number of aromatic nitrogens is 2. The van der Waals surface area contributed by atoms with E-state index in [4.69, 9.17) is 4.52 Å². The molecule has 3 rings (SSSR count). The molecule has 23 heavy (non-hydrogen) atoms. The van der Waals surface area contributed by atoms with E-state index in [1.807, 2.05) is 41.5 Å². The molecule has 1 saturated heterocycles. The van der Waals surface area contributed by atoms with Crippen molar-refractivity contribution in [3.05, 3.63) is 47.6 Å². The molecular weight excluding hydrogens is 310 g/mol. The Hall–Kier alpha value is -1.82. The van der Waals surface area contributed by atoms with Crippen LogP contribution in [0.1, 0.15) is 48.2 Å². The van der Waals surface area contributed by atoms with Crippen molar-refractivity contribution >= 4 is 17.7 Å². The number of carbonyl (C=O) groups excluding carboxylic acids is 1. The van der Waals surface area contributed by atoms with Crippen molar-refractivity contribution < 1.29 is 9.32 Å². The van der Waals surface area contributed by atoms with E-state index >= 15 is 0 Å². The molecule has 0 unspecified atom stereocenters. The molecule has 2 atom stereocenters. The van der Waals surface area contributed by atoms with Crippen molar-refractivity contribution in [1.29, 1.82) is 0 Å². The lowest BCUT2D eigenvalue weighted by molar-refractivity contribution is -0.128. The Morgan fingerprint density at radius 2 is 2.17 bits per heavy atom. The van der Waals surface area contributed by atoms with E-state index in [0.717, 1.165) is 12.0 Å². The standard InChI is InChI=1S/C17H21N3O2S/c1-3-14(23-2)17-18-16(19-22-17)13-9-15(21)20(11-13)10-12-7-5-4-6-8-12/h4-8,13-14H,3,9-11H2,1-2H3/t13-,14-/m0/s1. The summed E-state index contributed by atoms with van der Waals surface area (Å²) in [5.74, 6) is 1.52. The van der Waals surface area contributed by atoms with Crippen molar-refractivity contribution in [3.63, 3.8) is 0 Å². The molecule has 6 heteroatoms. The largest absolute Gasteiger partial charge is 0.338 e. The number of thioether (sulfide) groups is 1. The van der Waals surface area contributed by atoms with Gasteiger partial charge in [0.1, 0.15) is 0 Å². The molecule has 0 N–H and O–H groups in total. The van der Waals surface area contributed by atoms with Gasteiger partial charge in [-0.05, 0) is 18.2 Å². The molecule has 1 aliphatic heterocycles. The topological polar surface area (TPSA) is 59.2 Å². The monoisotopic (exact) mass is 331 g/mol. The Morgan fingerprint density at radius 3 is 2.87 bits per heavy atom. The summed E-state index contributed by atoms with van der Waals surface area (Å²) in [7, 11) is 0. The summed E-state index contributed by atoms with van der Waals surface area (Å²) in [6.07, 6.45) is 3.45. The van der Waals surface area contributed by atoms with Crippen LogP contribution in [-0.4, -0.2) is 33.7 Å². The maximum Gasteiger partial charge on any atom is 0.239 e. The molecular formula is C17H21N3O2S. The molecule has 0 bridgehead atoms. The summed E-state index contributed by atoms with van der Waals surface area (Å²) in [6.45, 7) is 3.40. The molecule has 1 amide bonds. The van der Waals surface area contributed by atoms with Crippen LogP contribution in [0.2, 0.25) is 0 Å². The number of amides is 1. The van der Waals surface area contributed by atoms with Gasteiger partial charge in [0.25, 0.3) is 0 Å². The number of likely N-dealkylation sites (tertiary alicyclic amines) is 1. The molecule has 1 aliphatic rings. The predicted octanol–water partition coefficient (Wildman–Crippen LogP) is 3.40. The van der Waals surface area contributed by atoms with Gasteiger partial charge in [-0.1, -0.05) is 42.4 Å². The van der Waals surface area contributed by atoms with Gasteiger partial charge in [0.05, 0.1) is 5.25 Å². The maximum absolute atomic E-state index is 12.3. The van der Waals surface area contributed by atoms with Crippen molar-refractivity contribution in [1.82, 2.24) is 15.0 Å². The first kappa shape index (κ1) is 16.1. The number of hydrogen-bond acceptors (Lipinski definition) is 5. The second kappa shape index (κ2) is 7.17. The summed E-state index contributed by atoms with van der Waals surface area (Å²) < 4.78 is 5.40. The molecule has 5 nitrogen and oxygen atoms in total. The molecule has 122 valence electrons. The highest BCUT2D eigenvalue weighted by atomic mass is 32.2. The Bertz CT molecular complexity index is 655. The highest BCUT2D eigenvalue weighted by Crippen LogP contribution is 2.32. The summed E-state index contributed by atoms with van der Waals surface area (Å²) in [5, 5.41) is 4.34. The fraction of sp³-hybridized carbons (Fsp3) is 0.471. The number of rotatable bonds is 6. The van der Waals surface area contributed by atoms with E-state index in [1.54, 1.807) is 11.8 Å². The van der Waals surface area contributed by atoms with E-state index in [1.165, 1.54) is 0 Å². The minimum atomic E-state index is 0.0306. The summed E-state index contributed by atoms with van der Waals surface area (Å²) >= 11 is 1.71. The predicted molar refractivity (Wildman–Crippen MR) is 90.1 cm³/mol. The van der Waals surface area contributed by atoms with Crippen LogP contribution in [-0.2, 0) is 11.3 Å². The normalized spacial score (nSPS) is 19.3. The van der Waals surface area contributed by atoms with E-state index in [-0.39, 0.29) is 17.1 Å². The second-order valence-electron chi connectivity index (χ2n) is 5.78. The fourth-order valence-electron chi connectivity index (χ4n) is 2.89. The van der Waals surface area contributed by atoms with E-state index < -0.39 is 0 Å². The zero-order chi connectivity index (χ0) is 16.2. The minimum absolute atomic E-state index is 0.0306. The SMILES string of the molecule is CC[C@H](SC)c1nc([C@H]2CC(=O)N(Cc3ccccc3)C2)no1. The molecule has 1 aromatic heterocycles. The van der Waals surface area contributed by atoms with Crippen LogP contribution < -0.4 is 0 Å². The Balaban J connectivity index is 1.68. The lowest BCUT2D eigenvalue weighted by atomic mass is 10.1. The average molecular weight is 331 g/mol. The van der Waals surface area contributed by atoms with Crippen LogP contribution in [0.15, 0.2) is 34.9 Å². The van der Waals surface area contributed by atoms with Gasteiger partial charge in [0.2, 0.25) is 11.8 Å². The number of carbonyl (C=O) groups is 1. The lowest BCUT2D eigenvalue weighted by Crippen LogP contribution is -2.24. The summed E-state index contributed by atoms with van der Waals surface area (Å²) in [6, 6.07) is 10.0. The van der Waals surface area contributed by atoms with E-state index in [9.17, 15) is 4.79 Å². The molecule has 2 heterocycles. The molecule has 2 aromatic rings. The molecule has 1 fully saturated rings. The van der Waals surface area contributed by atoms with Gasteiger partial charge in [0.15, 0.2) is 5.82 Å². The number of hydrogen-bond donors (Lipinski definition) is 0. The van der Waals surface area contributed by atoms with E-state index in [0.29, 0.717) is 31.2 Å². The zero-order valence-electron chi connectivity index (χ0n) is 13.4. The van der Waals surface area contributed by atoms with Gasteiger partial charge in [-0.25, -0.2) is 0 Å². The number of benzene rings is 1. The van der Waals surface area contributed by atoms with Crippen LogP contribution in [0.4, 0.5) is 0 Å². The molecule has 0 saturated carbocycles. The first-order valence-corrected chi connectivity index (χ1v) is 9.18. The lowest BCUT2D eigenvalue weighted by Gasteiger charge is -2.15. The third kappa shape index (κ3) is 3.58. The van der Waals surface area contributed by atoms with Crippen molar-refractivity contribution in [2.45, 2.75) is 37.5 Å². The second-order valence-corrected chi connectivity index (χ2v) is 6.82. The molecule has 0 spiro atoms. The van der Waals surface area contributed by atoms with Crippen LogP contribution >= 0.6 is 11.8 Å². The first-order chi connectivity index (χ1) is 11.2. The minimum Gasteiger partial charge on any atom is -0.338 e. The van der Waals surface area contributed by atoms with Crippen molar-refractivity contribution in [3.8, 4) is 0 Å². The quantitative estimate of drug-likeness (QED) is 0.812. The molecule has 0 radical (unpaired) electrons. The van der Waals surface area contributed by atoms with Gasteiger partial charge < -0.3 is 9.42 Å². The third-order valence-corrected chi connectivity index (χ3v) is 5.29. The number of nitrogens with zero attached hydrogens (tertiary/aromatic N) is 3. The smallest absolute Gasteiger partial charge is 0.239 e. The Morgan fingerprint density at radius 1 is 1.39 bits per heavy atom. The third-order valence-electron chi connectivity index (χ3n) is 4.18. The average Bonchev–Trinajstić information content (AvgIpc) is 3.18. The summed E-state index contributed by atoms with van der Waals surface area (Å²) in [5.41, 5.74) is 1.14. The first-order valence-electron chi connectivity index (χ1n) is 7.89. The zero-order valence-corrected chi connectivity index (χ0v) is 14.3. The van der Waals surface area contributed by atoms with Crippen molar-refractivity contribution in [2.24, 2.45) is 0 Å². The van der Waals surface area contributed by atoms with Gasteiger partial charge >= 0.3 is 0 Å². The van der Waals surface area contributed by atoms with Gasteiger partial charge in [-0.3, -0.25) is 4.79 Å². The molecule has 1 aromatic carbocycles. The van der Waals surface area contributed by atoms with Gasteiger partial charge in [0, 0.05) is 25.4 Å².